The second-order valence-electron chi connectivity index (χ2n) is 7.73. The molecule has 0 aliphatic carbocycles. The van der Waals surface area contributed by atoms with E-state index in [0.29, 0.717) is 0 Å². The van der Waals surface area contributed by atoms with Crippen molar-refractivity contribution in [3.8, 4) is 0 Å². The molecule has 0 bridgehead atoms. The highest BCUT2D eigenvalue weighted by atomic mass is 16.1. The van der Waals surface area contributed by atoms with E-state index >= 15 is 0 Å². The van der Waals surface area contributed by atoms with Crippen molar-refractivity contribution in [2.75, 3.05) is 43.4 Å². The Morgan fingerprint density at radius 3 is 1.86 bits per heavy atom. The van der Waals surface area contributed by atoms with Gasteiger partial charge in [0, 0.05) is 11.4 Å². The number of carbonyl (C=O) groups excluding carboxylic acids is 1. The van der Waals surface area contributed by atoms with Gasteiger partial charge in [-0.05, 0) is 35.4 Å². The van der Waals surface area contributed by atoms with Gasteiger partial charge in [0.05, 0.1) is 39.1 Å². The predicted octanol–water partition coefficient (Wildman–Crippen LogP) is 2.79. The van der Waals surface area contributed by atoms with Gasteiger partial charge in [0.25, 0.3) is 0 Å². The maximum atomic E-state index is 13.2. The van der Waals surface area contributed by atoms with Gasteiger partial charge in [0.1, 0.15) is 0 Å². The Morgan fingerprint density at radius 2 is 1.34 bits per heavy atom. The maximum Gasteiger partial charge on any atom is 0.236 e. The number of nitrogens with zero attached hydrogens (tertiary/aromatic N) is 1. The molecule has 3 aromatic carbocycles. The molecule has 2 N–H and O–H groups in total. The summed E-state index contributed by atoms with van der Waals surface area (Å²) in [6.45, 7) is 4.46. The van der Waals surface area contributed by atoms with Crippen LogP contribution in [0.1, 0.15) is 17.0 Å². The Balaban J connectivity index is 1.50. The highest BCUT2D eigenvalue weighted by Crippen LogP contribution is 2.27. The summed E-state index contributed by atoms with van der Waals surface area (Å²) in [6, 6.07) is 28.1. The van der Waals surface area contributed by atoms with E-state index in [-0.39, 0.29) is 11.8 Å². The first-order valence-corrected chi connectivity index (χ1v) is 10.3. The Morgan fingerprint density at radius 1 is 0.828 bits per heavy atom. The smallest absolute Gasteiger partial charge is 0.236 e. The predicted molar refractivity (Wildman–Crippen MR) is 119 cm³/mol. The van der Waals surface area contributed by atoms with Crippen LogP contribution < -0.4 is 15.1 Å². The Bertz CT molecular complexity index is 878. The SMILES string of the molecule is C[NH+]1CCN(c2ccc(NC(=O)C(c3ccccc3)c3ccccc3)cc2)CC1. The molecular formula is C25H28N3O+. The average Bonchev–Trinajstić information content (AvgIpc) is 2.77. The fraction of sp³-hybridized carbons (Fsp3) is 0.240. The van der Waals surface area contributed by atoms with Gasteiger partial charge in [-0.15, -0.1) is 0 Å². The van der Waals surface area contributed by atoms with E-state index in [0.717, 1.165) is 43.0 Å². The summed E-state index contributed by atoms with van der Waals surface area (Å²) < 4.78 is 0. The maximum absolute atomic E-state index is 13.2. The van der Waals surface area contributed by atoms with Crippen LogP contribution in [0.5, 0.6) is 0 Å². The molecule has 0 atom stereocenters. The summed E-state index contributed by atoms with van der Waals surface area (Å²) in [5, 5.41) is 3.11. The highest BCUT2D eigenvalue weighted by molar-refractivity contribution is 5.98. The van der Waals surface area contributed by atoms with E-state index < -0.39 is 0 Å². The third-order valence-electron chi connectivity index (χ3n) is 5.64. The van der Waals surface area contributed by atoms with Crippen LogP contribution >= 0.6 is 0 Å². The quantitative estimate of drug-likeness (QED) is 0.708. The number of amides is 1. The molecule has 0 aromatic heterocycles. The van der Waals surface area contributed by atoms with Crippen molar-refractivity contribution in [1.82, 2.24) is 0 Å². The molecule has 4 rings (SSSR count). The lowest BCUT2D eigenvalue weighted by atomic mass is 9.90. The van der Waals surface area contributed by atoms with Crippen LogP contribution in [-0.2, 0) is 4.79 Å². The van der Waals surface area contributed by atoms with Crippen molar-refractivity contribution in [3.63, 3.8) is 0 Å². The summed E-state index contributed by atoms with van der Waals surface area (Å²) in [7, 11) is 2.24. The van der Waals surface area contributed by atoms with Crippen molar-refractivity contribution < 1.29 is 9.69 Å². The molecule has 3 aromatic rings. The molecule has 0 spiro atoms. The van der Waals surface area contributed by atoms with E-state index in [1.54, 1.807) is 4.90 Å². The van der Waals surface area contributed by atoms with Gasteiger partial charge in [-0.1, -0.05) is 60.7 Å². The fourth-order valence-corrected chi connectivity index (χ4v) is 3.90. The van der Waals surface area contributed by atoms with Crippen LogP contribution in [-0.4, -0.2) is 39.1 Å². The summed E-state index contributed by atoms with van der Waals surface area (Å²) in [5.41, 5.74) is 4.04. The number of hydrogen-bond donors (Lipinski definition) is 2. The normalized spacial score (nSPS) is 14.8. The minimum absolute atomic E-state index is 0.0154. The van der Waals surface area contributed by atoms with Crippen LogP contribution in [0.25, 0.3) is 0 Å². The zero-order valence-electron chi connectivity index (χ0n) is 16.8. The molecule has 148 valence electrons. The second-order valence-corrected chi connectivity index (χ2v) is 7.73. The lowest BCUT2D eigenvalue weighted by molar-refractivity contribution is -0.880. The van der Waals surface area contributed by atoms with E-state index in [1.807, 2.05) is 72.8 Å². The van der Waals surface area contributed by atoms with E-state index in [2.05, 4.69) is 29.4 Å². The molecule has 1 fully saturated rings. The molecular weight excluding hydrogens is 358 g/mol. The first-order chi connectivity index (χ1) is 14.2. The van der Waals surface area contributed by atoms with E-state index in [4.69, 9.17) is 0 Å². The van der Waals surface area contributed by atoms with E-state index in [1.165, 1.54) is 5.69 Å². The van der Waals surface area contributed by atoms with Gasteiger partial charge in [-0.3, -0.25) is 4.79 Å². The number of anilines is 2. The molecule has 4 heteroatoms. The zero-order valence-corrected chi connectivity index (χ0v) is 16.8. The van der Waals surface area contributed by atoms with Crippen LogP contribution in [0.3, 0.4) is 0 Å². The van der Waals surface area contributed by atoms with Crippen molar-refractivity contribution in [2.24, 2.45) is 0 Å². The molecule has 0 radical (unpaired) electrons. The number of nitrogens with one attached hydrogen (secondary N) is 2. The van der Waals surface area contributed by atoms with Crippen molar-refractivity contribution in [3.05, 3.63) is 96.1 Å². The fourth-order valence-electron chi connectivity index (χ4n) is 3.90. The first-order valence-electron chi connectivity index (χ1n) is 10.3. The summed E-state index contributed by atoms with van der Waals surface area (Å²) >= 11 is 0. The number of carbonyl (C=O) groups is 1. The van der Waals surface area contributed by atoms with Crippen LogP contribution in [0.4, 0.5) is 11.4 Å². The standard InChI is InChI=1S/C25H27N3O/c1-27-16-18-28(19-17-27)23-14-12-22(13-15-23)26-25(29)24(20-8-4-2-5-9-20)21-10-6-3-7-11-21/h2-15,24H,16-19H2,1H3,(H,26,29)/p+1. The number of likely N-dealkylation sites (N-methyl/N-ethyl adjacent to an activating group) is 1. The Labute approximate surface area is 172 Å². The van der Waals surface area contributed by atoms with Crippen molar-refractivity contribution in [1.29, 1.82) is 0 Å². The molecule has 1 heterocycles. The van der Waals surface area contributed by atoms with Crippen molar-refractivity contribution >= 4 is 17.3 Å². The lowest BCUT2D eigenvalue weighted by Crippen LogP contribution is -3.12. The van der Waals surface area contributed by atoms with Crippen LogP contribution in [0, 0.1) is 0 Å². The molecule has 29 heavy (non-hydrogen) atoms. The van der Waals surface area contributed by atoms with Crippen LogP contribution in [0.15, 0.2) is 84.9 Å². The number of benzene rings is 3. The van der Waals surface area contributed by atoms with Crippen LogP contribution in [0.2, 0.25) is 0 Å². The minimum atomic E-state index is -0.335. The summed E-state index contributed by atoms with van der Waals surface area (Å²) in [6.07, 6.45) is 0. The summed E-state index contributed by atoms with van der Waals surface area (Å²) in [4.78, 5) is 17.2. The molecule has 1 amide bonds. The number of piperazine rings is 1. The van der Waals surface area contributed by atoms with Gasteiger partial charge >= 0.3 is 0 Å². The number of quaternary nitrogens is 1. The average molecular weight is 387 g/mol. The molecule has 0 unspecified atom stereocenters. The third-order valence-corrected chi connectivity index (χ3v) is 5.64. The van der Waals surface area contributed by atoms with Gasteiger partial charge in [0.15, 0.2) is 0 Å². The van der Waals surface area contributed by atoms with Gasteiger partial charge in [0.2, 0.25) is 5.91 Å². The number of rotatable bonds is 5. The van der Waals surface area contributed by atoms with Gasteiger partial charge < -0.3 is 15.1 Å². The molecule has 4 nitrogen and oxygen atoms in total. The number of hydrogen-bond acceptors (Lipinski definition) is 2. The molecule has 1 aliphatic heterocycles. The monoisotopic (exact) mass is 386 g/mol. The van der Waals surface area contributed by atoms with Gasteiger partial charge in [-0.2, -0.15) is 0 Å². The zero-order chi connectivity index (χ0) is 20.1. The Kier molecular flexibility index (Phi) is 5.92. The summed E-state index contributed by atoms with van der Waals surface area (Å²) in [5.74, 6) is -0.351. The van der Waals surface area contributed by atoms with Gasteiger partial charge in [-0.25, -0.2) is 0 Å². The minimum Gasteiger partial charge on any atom is -0.360 e. The largest absolute Gasteiger partial charge is 0.360 e. The Hall–Kier alpha value is -3.11. The van der Waals surface area contributed by atoms with Crippen molar-refractivity contribution in [2.45, 2.75) is 5.92 Å². The van der Waals surface area contributed by atoms with E-state index in [9.17, 15) is 4.79 Å². The molecule has 1 saturated heterocycles. The first kappa shape index (κ1) is 19.2. The molecule has 1 aliphatic rings. The lowest BCUT2D eigenvalue weighted by Gasteiger charge is -2.31. The topological polar surface area (TPSA) is 36.8 Å². The molecule has 0 saturated carbocycles. The third kappa shape index (κ3) is 4.66. The second kappa shape index (κ2) is 8.93. The highest BCUT2D eigenvalue weighted by Gasteiger charge is 2.23.